The number of carbonyl (C=O) groups is 1. The molecule has 3 N–H and O–H groups in total. The lowest BCUT2D eigenvalue weighted by atomic mass is 10.0. The molecule has 3 unspecified atom stereocenters. The number of allylic oxidation sites excluding steroid dienone is 2. The first kappa shape index (κ1) is 44.2. The number of phosphoric acid groups is 1. The van der Waals surface area contributed by atoms with E-state index in [0.717, 1.165) is 38.5 Å². The summed E-state index contributed by atoms with van der Waals surface area (Å²) in [5.41, 5.74) is 0. The number of nitrogens with zero attached hydrogens (tertiary/aromatic N) is 1. The van der Waals surface area contributed by atoms with Gasteiger partial charge in [0.05, 0.1) is 39.9 Å². The standard InChI is InChI=1S/C36H73N2O6P/c1-6-8-10-12-14-15-16-17-18-19-20-21-22-23-24-26-28-30-36(40)37-34(35(39)29-27-25-13-11-9-7-2)33-44-45(41,42)43-32-31-38(3,4)5/h17-18,34-35,39H,6-16,19-33H2,1-5H3,(H-,37,40,41,42)/p+1/b18-17-. The largest absolute Gasteiger partial charge is 0.472 e. The second-order valence-corrected chi connectivity index (χ2v) is 15.4. The SMILES string of the molecule is CCCCCCCC/C=C\CCCCCCCCCC(=O)NC(COP(=O)(O)OCC[N+](C)(C)C)C(O)CCCCCCCC. The molecule has 3 atom stereocenters. The van der Waals surface area contributed by atoms with E-state index in [2.05, 4.69) is 31.3 Å². The smallest absolute Gasteiger partial charge is 0.391 e. The first-order chi connectivity index (χ1) is 21.5. The van der Waals surface area contributed by atoms with Gasteiger partial charge in [-0.05, 0) is 38.5 Å². The van der Waals surface area contributed by atoms with Crippen LogP contribution in [0, 0.1) is 0 Å². The van der Waals surface area contributed by atoms with Crippen molar-refractivity contribution in [3.8, 4) is 0 Å². The van der Waals surface area contributed by atoms with Crippen LogP contribution in [0.25, 0.3) is 0 Å². The molecule has 1 amide bonds. The summed E-state index contributed by atoms with van der Waals surface area (Å²) in [6.07, 6.45) is 29.7. The van der Waals surface area contributed by atoms with E-state index in [1.807, 2.05) is 21.1 Å². The highest BCUT2D eigenvalue weighted by molar-refractivity contribution is 7.47. The van der Waals surface area contributed by atoms with E-state index in [0.29, 0.717) is 23.9 Å². The van der Waals surface area contributed by atoms with Crippen molar-refractivity contribution in [3.63, 3.8) is 0 Å². The van der Waals surface area contributed by atoms with Crippen molar-refractivity contribution >= 4 is 13.7 Å². The zero-order valence-corrected chi connectivity index (χ0v) is 31.0. The van der Waals surface area contributed by atoms with Crippen LogP contribution in [0.5, 0.6) is 0 Å². The third-order valence-corrected chi connectivity index (χ3v) is 9.25. The van der Waals surface area contributed by atoms with Crippen LogP contribution in [-0.2, 0) is 18.4 Å². The maximum atomic E-state index is 12.7. The number of aliphatic hydroxyl groups is 1. The van der Waals surface area contributed by atoms with Crippen molar-refractivity contribution in [2.24, 2.45) is 0 Å². The average Bonchev–Trinajstić information content (AvgIpc) is 2.97. The molecule has 0 aromatic carbocycles. The molecule has 9 heteroatoms. The van der Waals surface area contributed by atoms with Gasteiger partial charge in [0.15, 0.2) is 0 Å². The molecule has 45 heavy (non-hydrogen) atoms. The van der Waals surface area contributed by atoms with Gasteiger partial charge >= 0.3 is 7.82 Å². The molecule has 0 aliphatic heterocycles. The second kappa shape index (κ2) is 29.4. The Morgan fingerprint density at radius 3 is 1.71 bits per heavy atom. The maximum Gasteiger partial charge on any atom is 0.472 e. The van der Waals surface area contributed by atoms with Crippen LogP contribution in [0.15, 0.2) is 12.2 Å². The molecule has 0 aliphatic carbocycles. The fraction of sp³-hybridized carbons (Fsp3) is 0.917. The molecule has 0 rings (SSSR count). The average molecular weight is 662 g/mol. The number of unbranched alkanes of at least 4 members (excludes halogenated alkanes) is 18. The van der Waals surface area contributed by atoms with Crippen LogP contribution in [0.1, 0.15) is 162 Å². The Hall–Kier alpha value is -0.760. The predicted octanol–water partition coefficient (Wildman–Crippen LogP) is 9.24. The van der Waals surface area contributed by atoms with Crippen LogP contribution < -0.4 is 5.32 Å². The topological polar surface area (TPSA) is 105 Å². The Bertz CT molecular complexity index is 758. The number of quaternary nitrogens is 1. The van der Waals surface area contributed by atoms with Crippen LogP contribution in [-0.4, -0.2) is 73.4 Å². The Morgan fingerprint density at radius 2 is 1.20 bits per heavy atom. The molecule has 0 bridgehead atoms. The number of hydrogen-bond donors (Lipinski definition) is 3. The molecular weight excluding hydrogens is 587 g/mol. The quantitative estimate of drug-likeness (QED) is 0.0280. The summed E-state index contributed by atoms with van der Waals surface area (Å²) in [6.45, 7) is 4.80. The Labute approximate surface area is 278 Å². The van der Waals surface area contributed by atoms with Gasteiger partial charge < -0.3 is 19.8 Å². The summed E-state index contributed by atoms with van der Waals surface area (Å²) in [4.78, 5) is 22.9. The molecule has 268 valence electrons. The Balaban J connectivity index is 4.29. The summed E-state index contributed by atoms with van der Waals surface area (Å²) in [5.74, 6) is -0.155. The molecule has 0 saturated heterocycles. The highest BCUT2D eigenvalue weighted by Crippen LogP contribution is 2.43. The molecule has 0 saturated carbocycles. The molecule has 8 nitrogen and oxygen atoms in total. The number of likely N-dealkylation sites (N-methyl/N-ethyl adjacent to an activating group) is 1. The van der Waals surface area contributed by atoms with Crippen molar-refractivity contribution in [3.05, 3.63) is 12.2 Å². The highest BCUT2D eigenvalue weighted by Gasteiger charge is 2.28. The molecule has 0 aromatic rings. The third kappa shape index (κ3) is 31.6. The lowest BCUT2D eigenvalue weighted by Gasteiger charge is -2.26. The van der Waals surface area contributed by atoms with Crippen molar-refractivity contribution in [1.82, 2.24) is 5.32 Å². The van der Waals surface area contributed by atoms with E-state index in [1.54, 1.807) is 0 Å². The first-order valence-electron chi connectivity index (χ1n) is 18.6. The highest BCUT2D eigenvalue weighted by atomic mass is 31.2. The number of phosphoric ester groups is 1. The Kier molecular flexibility index (Phi) is 28.9. The van der Waals surface area contributed by atoms with Gasteiger partial charge in [0.25, 0.3) is 0 Å². The summed E-state index contributed by atoms with van der Waals surface area (Å²) in [5, 5.41) is 13.7. The molecule has 0 aliphatic rings. The summed E-state index contributed by atoms with van der Waals surface area (Å²) >= 11 is 0. The summed E-state index contributed by atoms with van der Waals surface area (Å²) in [7, 11) is 1.61. The van der Waals surface area contributed by atoms with Crippen LogP contribution >= 0.6 is 7.82 Å². The predicted molar refractivity (Wildman–Crippen MR) is 189 cm³/mol. The van der Waals surface area contributed by atoms with E-state index < -0.39 is 20.0 Å². The molecule has 0 aromatic heterocycles. The van der Waals surface area contributed by atoms with E-state index >= 15 is 0 Å². The molecule has 0 radical (unpaired) electrons. The lowest BCUT2D eigenvalue weighted by Crippen LogP contribution is -2.46. The van der Waals surface area contributed by atoms with Crippen LogP contribution in [0.4, 0.5) is 0 Å². The van der Waals surface area contributed by atoms with Gasteiger partial charge in [0.1, 0.15) is 13.2 Å². The van der Waals surface area contributed by atoms with Gasteiger partial charge in [0.2, 0.25) is 5.91 Å². The Morgan fingerprint density at radius 1 is 0.733 bits per heavy atom. The van der Waals surface area contributed by atoms with Crippen LogP contribution in [0.3, 0.4) is 0 Å². The van der Waals surface area contributed by atoms with Gasteiger partial charge in [-0.15, -0.1) is 0 Å². The van der Waals surface area contributed by atoms with Gasteiger partial charge in [-0.3, -0.25) is 13.8 Å². The van der Waals surface area contributed by atoms with E-state index in [-0.39, 0.29) is 19.1 Å². The van der Waals surface area contributed by atoms with E-state index in [9.17, 15) is 19.4 Å². The van der Waals surface area contributed by atoms with Crippen molar-refractivity contribution in [2.45, 2.75) is 174 Å². The molecule has 0 heterocycles. The van der Waals surface area contributed by atoms with Crippen molar-refractivity contribution in [1.29, 1.82) is 0 Å². The fourth-order valence-corrected chi connectivity index (χ4v) is 5.95. The van der Waals surface area contributed by atoms with E-state index in [1.165, 1.54) is 96.3 Å². The number of carbonyl (C=O) groups excluding carboxylic acids is 1. The first-order valence-corrected chi connectivity index (χ1v) is 20.0. The van der Waals surface area contributed by atoms with Crippen LogP contribution in [0.2, 0.25) is 0 Å². The number of nitrogens with one attached hydrogen (secondary N) is 1. The molecule has 0 spiro atoms. The van der Waals surface area contributed by atoms with E-state index in [4.69, 9.17) is 9.05 Å². The van der Waals surface area contributed by atoms with Gasteiger partial charge in [-0.1, -0.05) is 129 Å². The monoisotopic (exact) mass is 662 g/mol. The number of amides is 1. The minimum atomic E-state index is -4.29. The molecule has 0 fully saturated rings. The zero-order chi connectivity index (χ0) is 33.7. The zero-order valence-electron chi connectivity index (χ0n) is 30.1. The minimum absolute atomic E-state index is 0.0744. The second-order valence-electron chi connectivity index (χ2n) is 14.0. The summed E-state index contributed by atoms with van der Waals surface area (Å²) < 4.78 is 23.4. The van der Waals surface area contributed by atoms with Gasteiger partial charge in [0, 0.05) is 6.42 Å². The fourth-order valence-electron chi connectivity index (χ4n) is 5.21. The maximum absolute atomic E-state index is 12.7. The van der Waals surface area contributed by atoms with Gasteiger partial charge in [-0.2, -0.15) is 0 Å². The summed E-state index contributed by atoms with van der Waals surface area (Å²) in [6, 6.07) is -0.754. The molecular formula is C36H74N2O6P+. The van der Waals surface area contributed by atoms with Crippen molar-refractivity contribution < 1.29 is 32.9 Å². The number of hydrogen-bond acceptors (Lipinski definition) is 5. The normalized spacial score (nSPS) is 14.9. The van der Waals surface area contributed by atoms with Crippen molar-refractivity contribution in [2.75, 3.05) is 40.9 Å². The number of aliphatic hydroxyl groups excluding tert-OH is 1. The van der Waals surface area contributed by atoms with Gasteiger partial charge in [-0.25, -0.2) is 4.57 Å². The lowest BCUT2D eigenvalue weighted by molar-refractivity contribution is -0.870. The third-order valence-electron chi connectivity index (χ3n) is 8.26. The number of rotatable bonds is 33. The minimum Gasteiger partial charge on any atom is -0.391 e.